The van der Waals surface area contributed by atoms with Crippen LogP contribution in [-0.4, -0.2) is 62.8 Å². The zero-order valence-corrected chi connectivity index (χ0v) is 18.2. The minimum Gasteiger partial charge on any atom is -0.452 e. The van der Waals surface area contributed by atoms with E-state index in [9.17, 15) is 19.7 Å². The average Bonchev–Trinajstić information content (AvgIpc) is 3.38. The molecule has 2 saturated heterocycles. The Morgan fingerprint density at radius 2 is 1.70 bits per heavy atom. The Bertz CT molecular complexity index is 1010. The lowest BCUT2D eigenvalue weighted by molar-refractivity contribution is -0.384. The summed E-state index contributed by atoms with van der Waals surface area (Å²) in [6.45, 7) is 4.02. The normalized spacial score (nSPS) is 15.9. The fraction of sp³-hybridized carbons (Fsp3) is 0.391. The first-order valence-corrected chi connectivity index (χ1v) is 10.9. The molecule has 2 aliphatic heterocycles. The van der Waals surface area contributed by atoms with E-state index in [1.165, 1.54) is 12.1 Å². The van der Waals surface area contributed by atoms with Gasteiger partial charge in [0.15, 0.2) is 6.61 Å². The predicted molar refractivity (Wildman–Crippen MR) is 123 cm³/mol. The molecule has 2 aliphatic rings. The number of carbonyl (C=O) groups is 2. The van der Waals surface area contributed by atoms with Gasteiger partial charge in [-0.05, 0) is 49.2 Å². The van der Waals surface area contributed by atoms with Crippen molar-refractivity contribution in [3.63, 3.8) is 0 Å². The molecule has 0 aliphatic carbocycles. The number of anilines is 3. The number of benzene rings is 2. The maximum absolute atomic E-state index is 12.4. The summed E-state index contributed by atoms with van der Waals surface area (Å²) in [6, 6.07) is 11.7. The van der Waals surface area contributed by atoms with Gasteiger partial charge >= 0.3 is 5.97 Å². The summed E-state index contributed by atoms with van der Waals surface area (Å²) in [7, 11) is 0. The number of esters is 1. The molecule has 10 heteroatoms. The first-order valence-electron chi connectivity index (χ1n) is 10.9. The molecule has 2 fully saturated rings. The number of nitrogens with one attached hydrogen (secondary N) is 1. The van der Waals surface area contributed by atoms with E-state index in [1.807, 2.05) is 17.0 Å². The predicted octanol–water partition coefficient (Wildman–Crippen LogP) is 2.83. The molecule has 0 bridgehead atoms. The first kappa shape index (κ1) is 22.5. The standard InChI is InChI=1S/C23H26N4O6/c28-22(24-18-4-6-19(7-5-18)25-11-13-32-14-12-25)16-33-23(29)17-3-8-20(21(15-17)27(30)31)26-9-1-2-10-26/h3-8,15H,1-2,9-14,16H2,(H,24,28). The van der Waals surface area contributed by atoms with Crippen LogP contribution in [0.4, 0.5) is 22.7 Å². The third-order valence-corrected chi connectivity index (χ3v) is 5.72. The Morgan fingerprint density at radius 1 is 1.00 bits per heavy atom. The molecule has 0 radical (unpaired) electrons. The number of rotatable bonds is 7. The van der Waals surface area contributed by atoms with E-state index in [0.717, 1.165) is 44.7 Å². The smallest absolute Gasteiger partial charge is 0.338 e. The van der Waals surface area contributed by atoms with E-state index in [0.29, 0.717) is 24.6 Å². The van der Waals surface area contributed by atoms with Crippen molar-refractivity contribution >= 4 is 34.6 Å². The number of hydrogen-bond donors (Lipinski definition) is 1. The van der Waals surface area contributed by atoms with Gasteiger partial charge in [0.2, 0.25) is 0 Å². The molecule has 0 atom stereocenters. The van der Waals surface area contributed by atoms with Gasteiger partial charge in [-0.2, -0.15) is 0 Å². The van der Waals surface area contributed by atoms with Crippen molar-refractivity contribution in [3.05, 3.63) is 58.1 Å². The molecular weight excluding hydrogens is 428 g/mol. The summed E-state index contributed by atoms with van der Waals surface area (Å²) < 4.78 is 10.4. The van der Waals surface area contributed by atoms with E-state index in [4.69, 9.17) is 9.47 Å². The van der Waals surface area contributed by atoms with Crippen LogP contribution in [0.5, 0.6) is 0 Å². The Labute approximate surface area is 191 Å². The molecule has 10 nitrogen and oxygen atoms in total. The van der Waals surface area contributed by atoms with Crippen molar-refractivity contribution in [1.82, 2.24) is 0 Å². The van der Waals surface area contributed by atoms with Crippen molar-refractivity contribution in [2.24, 2.45) is 0 Å². The maximum Gasteiger partial charge on any atom is 0.338 e. The van der Waals surface area contributed by atoms with E-state index in [2.05, 4.69) is 10.2 Å². The lowest BCUT2D eigenvalue weighted by atomic mass is 10.1. The number of amides is 1. The number of ether oxygens (including phenoxy) is 2. The molecule has 0 spiro atoms. The van der Waals surface area contributed by atoms with Crippen LogP contribution in [0.3, 0.4) is 0 Å². The summed E-state index contributed by atoms with van der Waals surface area (Å²) in [6.07, 6.45) is 1.96. The highest BCUT2D eigenvalue weighted by Gasteiger charge is 2.24. The van der Waals surface area contributed by atoms with Crippen molar-refractivity contribution in [2.45, 2.75) is 12.8 Å². The lowest BCUT2D eigenvalue weighted by Gasteiger charge is -2.28. The highest BCUT2D eigenvalue weighted by molar-refractivity contribution is 5.96. The summed E-state index contributed by atoms with van der Waals surface area (Å²) in [5.74, 6) is -1.28. The number of morpholine rings is 1. The Morgan fingerprint density at radius 3 is 2.36 bits per heavy atom. The van der Waals surface area contributed by atoms with Crippen molar-refractivity contribution in [1.29, 1.82) is 0 Å². The van der Waals surface area contributed by atoms with Gasteiger partial charge in [-0.1, -0.05) is 0 Å². The fourth-order valence-electron chi connectivity index (χ4n) is 4.01. The fourth-order valence-corrected chi connectivity index (χ4v) is 4.01. The molecule has 1 amide bonds. The van der Waals surface area contributed by atoms with E-state index < -0.39 is 23.4 Å². The van der Waals surface area contributed by atoms with Gasteiger partial charge in [0.1, 0.15) is 5.69 Å². The van der Waals surface area contributed by atoms with Crippen molar-refractivity contribution in [3.8, 4) is 0 Å². The van der Waals surface area contributed by atoms with Crippen LogP contribution in [0.2, 0.25) is 0 Å². The molecule has 2 heterocycles. The topological polar surface area (TPSA) is 114 Å². The van der Waals surface area contributed by atoms with Crippen LogP contribution in [0.15, 0.2) is 42.5 Å². The highest BCUT2D eigenvalue weighted by atomic mass is 16.6. The Balaban J connectivity index is 1.32. The number of nitro groups is 1. The third-order valence-electron chi connectivity index (χ3n) is 5.72. The van der Waals surface area contributed by atoms with Gasteiger partial charge in [0.05, 0.1) is 23.7 Å². The van der Waals surface area contributed by atoms with Crippen LogP contribution < -0.4 is 15.1 Å². The van der Waals surface area contributed by atoms with Crippen molar-refractivity contribution < 1.29 is 24.0 Å². The van der Waals surface area contributed by atoms with Gasteiger partial charge in [-0.3, -0.25) is 14.9 Å². The molecule has 0 saturated carbocycles. The maximum atomic E-state index is 12.4. The molecule has 1 N–H and O–H groups in total. The van der Waals surface area contributed by atoms with Crippen LogP contribution >= 0.6 is 0 Å². The largest absolute Gasteiger partial charge is 0.452 e. The van der Waals surface area contributed by atoms with Gasteiger partial charge in [-0.25, -0.2) is 4.79 Å². The summed E-state index contributed by atoms with van der Waals surface area (Å²) >= 11 is 0. The number of nitro benzene ring substituents is 1. The van der Waals surface area contributed by atoms with Gasteiger partial charge in [-0.15, -0.1) is 0 Å². The molecule has 0 aromatic heterocycles. The number of hydrogen-bond acceptors (Lipinski definition) is 8. The first-order chi connectivity index (χ1) is 16.0. The molecular formula is C23H26N4O6. The molecule has 33 heavy (non-hydrogen) atoms. The average molecular weight is 454 g/mol. The summed E-state index contributed by atoms with van der Waals surface area (Å²) in [5.41, 5.74) is 2.01. The number of nitrogens with zero attached hydrogens (tertiary/aromatic N) is 3. The molecule has 2 aromatic rings. The monoisotopic (exact) mass is 454 g/mol. The molecule has 4 rings (SSSR count). The van der Waals surface area contributed by atoms with Gasteiger partial charge in [0.25, 0.3) is 11.6 Å². The Kier molecular flexibility index (Phi) is 7.04. The third kappa shape index (κ3) is 5.58. The van der Waals surface area contributed by atoms with Crippen molar-refractivity contribution in [2.75, 3.05) is 61.1 Å². The quantitative estimate of drug-likeness (QED) is 0.386. The Hall–Kier alpha value is -3.66. The zero-order valence-electron chi connectivity index (χ0n) is 18.2. The van der Waals surface area contributed by atoms with E-state index in [-0.39, 0.29) is 11.3 Å². The SMILES string of the molecule is O=C(COC(=O)c1ccc(N2CCCC2)c([N+](=O)[O-])c1)Nc1ccc(N2CCOCC2)cc1. The minimum atomic E-state index is -0.788. The van der Waals surface area contributed by atoms with Crippen LogP contribution in [0.1, 0.15) is 23.2 Å². The molecule has 0 unspecified atom stereocenters. The summed E-state index contributed by atoms with van der Waals surface area (Å²) in [5, 5.41) is 14.2. The van der Waals surface area contributed by atoms with E-state index >= 15 is 0 Å². The molecule has 2 aromatic carbocycles. The second-order valence-corrected chi connectivity index (χ2v) is 7.93. The second kappa shape index (κ2) is 10.3. The van der Waals surface area contributed by atoms with E-state index in [1.54, 1.807) is 18.2 Å². The van der Waals surface area contributed by atoms with Crippen LogP contribution in [-0.2, 0) is 14.3 Å². The van der Waals surface area contributed by atoms with Gasteiger partial charge < -0.3 is 24.6 Å². The highest BCUT2D eigenvalue weighted by Crippen LogP contribution is 2.31. The minimum absolute atomic E-state index is 0.0345. The van der Waals surface area contributed by atoms with Crippen LogP contribution in [0, 0.1) is 10.1 Å². The zero-order chi connectivity index (χ0) is 23.2. The number of carbonyl (C=O) groups excluding carboxylic acids is 2. The molecule has 174 valence electrons. The lowest BCUT2D eigenvalue weighted by Crippen LogP contribution is -2.36. The summed E-state index contributed by atoms with van der Waals surface area (Å²) in [4.78, 5) is 39.7. The second-order valence-electron chi connectivity index (χ2n) is 7.93. The van der Waals surface area contributed by atoms with Crippen LogP contribution in [0.25, 0.3) is 0 Å². The van der Waals surface area contributed by atoms with Gasteiger partial charge in [0, 0.05) is 43.6 Å².